The summed E-state index contributed by atoms with van der Waals surface area (Å²) in [5.74, 6) is 1.18. The summed E-state index contributed by atoms with van der Waals surface area (Å²) in [6.07, 6.45) is 8.06. The predicted molar refractivity (Wildman–Crippen MR) is 90.1 cm³/mol. The van der Waals surface area contributed by atoms with Crippen LogP contribution in [0.2, 0.25) is 0 Å². The van der Waals surface area contributed by atoms with Crippen LogP contribution in [0.15, 0.2) is 24.9 Å². The highest BCUT2D eigenvalue weighted by Gasteiger charge is 2.23. The first-order valence-electron chi connectivity index (χ1n) is 7.68. The van der Waals surface area contributed by atoms with Gasteiger partial charge in [-0.25, -0.2) is 14.4 Å². The normalized spacial score (nSPS) is 18.9. The lowest BCUT2D eigenvalue weighted by molar-refractivity contribution is 0.0831. The van der Waals surface area contributed by atoms with Crippen molar-refractivity contribution in [3.05, 3.63) is 24.9 Å². The van der Waals surface area contributed by atoms with Gasteiger partial charge < -0.3 is 4.74 Å². The molecule has 1 fully saturated rings. The van der Waals surface area contributed by atoms with Crippen LogP contribution in [0.3, 0.4) is 0 Å². The van der Waals surface area contributed by atoms with Crippen molar-refractivity contribution in [2.45, 2.75) is 19.4 Å². The molecule has 1 unspecified atom stereocenters. The van der Waals surface area contributed by atoms with Crippen molar-refractivity contribution in [2.75, 3.05) is 16.9 Å². The van der Waals surface area contributed by atoms with Crippen LogP contribution >= 0.6 is 11.9 Å². The molecule has 122 valence electrons. The zero-order valence-electron chi connectivity index (χ0n) is 12.9. The summed E-state index contributed by atoms with van der Waals surface area (Å²) in [5.41, 5.74) is 1.70. The van der Waals surface area contributed by atoms with Crippen molar-refractivity contribution in [2.24, 2.45) is 0 Å². The lowest BCUT2D eigenvalue weighted by Gasteiger charge is -2.32. The number of rotatable bonds is 2. The molecule has 0 N–H and O–H groups in total. The van der Waals surface area contributed by atoms with Gasteiger partial charge in [0, 0.05) is 17.8 Å². The number of aromatic nitrogens is 7. The van der Waals surface area contributed by atoms with Gasteiger partial charge in [0.25, 0.3) is 5.78 Å². The van der Waals surface area contributed by atoms with Crippen LogP contribution in [0.1, 0.15) is 13.3 Å². The number of ether oxygens (including phenoxy) is 1. The summed E-state index contributed by atoms with van der Waals surface area (Å²) in [6.45, 7) is 2.90. The fraction of sp³-hybridized carbons (Fsp3) is 0.357. The number of hydrogen-bond donors (Lipinski definition) is 0. The maximum absolute atomic E-state index is 5.71. The smallest absolute Gasteiger partial charge is 0.252 e. The van der Waals surface area contributed by atoms with E-state index >= 15 is 0 Å². The van der Waals surface area contributed by atoms with E-state index in [2.05, 4.69) is 36.5 Å². The molecule has 4 aromatic rings. The van der Waals surface area contributed by atoms with Gasteiger partial charge in [0.15, 0.2) is 5.65 Å². The Labute approximate surface area is 140 Å². The molecule has 1 aliphatic rings. The third-order valence-corrected chi connectivity index (χ3v) is 5.02. The minimum Gasteiger partial charge on any atom is -0.364 e. The molecule has 5 rings (SSSR count). The van der Waals surface area contributed by atoms with Crippen molar-refractivity contribution >= 4 is 39.7 Å². The van der Waals surface area contributed by atoms with Gasteiger partial charge in [-0.1, -0.05) is 6.92 Å². The molecule has 24 heavy (non-hydrogen) atoms. The second kappa shape index (κ2) is 5.28. The third-order valence-electron chi connectivity index (χ3n) is 4.17. The molecule has 0 aliphatic carbocycles. The lowest BCUT2D eigenvalue weighted by atomic mass is 10.2. The molecule has 1 saturated heterocycles. The molecule has 4 aromatic heterocycles. The van der Waals surface area contributed by atoms with Crippen LogP contribution in [0.4, 0.5) is 0 Å². The van der Waals surface area contributed by atoms with Crippen molar-refractivity contribution in [1.82, 2.24) is 34.5 Å². The van der Waals surface area contributed by atoms with Gasteiger partial charge in [0.05, 0.1) is 29.7 Å². The molecule has 0 spiro atoms. The van der Waals surface area contributed by atoms with Gasteiger partial charge in [0.1, 0.15) is 12.3 Å². The molecule has 10 heteroatoms. The lowest BCUT2D eigenvalue weighted by Crippen LogP contribution is -2.41. The van der Waals surface area contributed by atoms with Crippen molar-refractivity contribution in [1.29, 1.82) is 0 Å². The zero-order chi connectivity index (χ0) is 16.1. The van der Waals surface area contributed by atoms with E-state index in [1.54, 1.807) is 28.9 Å². The highest BCUT2D eigenvalue weighted by atomic mass is 32.2. The largest absolute Gasteiger partial charge is 0.364 e. The summed E-state index contributed by atoms with van der Waals surface area (Å²) in [6, 6.07) is 0. The van der Waals surface area contributed by atoms with Gasteiger partial charge in [-0.05, 0) is 18.4 Å². The van der Waals surface area contributed by atoms with Gasteiger partial charge in [-0.3, -0.25) is 0 Å². The van der Waals surface area contributed by atoms with Crippen LogP contribution < -0.4 is 4.41 Å². The topological polar surface area (TPSA) is 86.3 Å². The SMILES string of the molecule is CCC1CN(n2ncc3c2ncc2cnc4ncnn4c23)SCO1. The number of fused-ring (bicyclic) bond motifs is 5. The minimum atomic E-state index is 0.206. The Morgan fingerprint density at radius 1 is 1.21 bits per heavy atom. The highest BCUT2D eigenvalue weighted by Crippen LogP contribution is 2.26. The summed E-state index contributed by atoms with van der Waals surface area (Å²) in [7, 11) is 0. The van der Waals surface area contributed by atoms with Gasteiger partial charge in [-0.2, -0.15) is 19.7 Å². The summed E-state index contributed by atoms with van der Waals surface area (Å²) in [4.78, 5) is 14.9. The van der Waals surface area contributed by atoms with E-state index in [1.165, 1.54) is 6.33 Å². The maximum atomic E-state index is 5.71. The molecule has 9 nitrogen and oxygen atoms in total. The number of hydrogen-bond acceptors (Lipinski definition) is 8. The van der Waals surface area contributed by atoms with Gasteiger partial charge in [0.2, 0.25) is 0 Å². The Kier molecular flexibility index (Phi) is 3.06. The second-order valence-corrected chi connectivity index (χ2v) is 6.46. The minimum absolute atomic E-state index is 0.206. The molecular weight excluding hydrogens is 328 g/mol. The first-order valence-corrected chi connectivity index (χ1v) is 8.63. The van der Waals surface area contributed by atoms with Gasteiger partial charge >= 0.3 is 0 Å². The molecule has 0 amide bonds. The molecule has 5 heterocycles. The Balaban J connectivity index is 1.72. The average molecular weight is 342 g/mol. The molecule has 1 atom stereocenters. The standard InChI is InChI=1S/C14H14N8OS/c1-2-10-6-20(24-8-23-10)22-13-11(5-18-22)12-9(3-15-13)4-16-14-17-7-19-21(12)14/h3-5,7,10H,2,6,8H2,1H3. The van der Waals surface area contributed by atoms with E-state index in [0.717, 1.165) is 34.9 Å². The Morgan fingerprint density at radius 2 is 2.12 bits per heavy atom. The van der Waals surface area contributed by atoms with E-state index in [0.29, 0.717) is 11.7 Å². The first-order chi connectivity index (χ1) is 11.8. The molecule has 1 aliphatic heterocycles. The van der Waals surface area contributed by atoms with E-state index in [1.807, 2.05) is 11.0 Å². The molecule has 0 aromatic carbocycles. The van der Waals surface area contributed by atoms with Crippen LogP contribution in [-0.2, 0) is 4.74 Å². The monoisotopic (exact) mass is 342 g/mol. The molecule has 0 saturated carbocycles. The quantitative estimate of drug-likeness (QED) is 0.505. The summed E-state index contributed by atoms with van der Waals surface area (Å²) >= 11 is 1.59. The van der Waals surface area contributed by atoms with Crippen LogP contribution in [0.25, 0.3) is 27.7 Å². The molecule has 0 radical (unpaired) electrons. The van der Waals surface area contributed by atoms with Crippen LogP contribution in [0, 0.1) is 0 Å². The second-order valence-electron chi connectivity index (χ2n) is 5.54. The maximum Gasteiger partial charge on any atom is 0.252 e. The Hall–Kier alpha value is -2.46. The van der Waals surface area contributed by atoms with E-state index in [-0.39, 0.29) is 6.10 Å². The Bertz CT molecular complexity index is 1040. The van der Waals surface area contributed by atoms with Crippen molar-refractivity contribution < 1.29 is 4.74 Å². The van der Waals surface area contributed by atoms with Crippen molar-refractivity contribution in [3.63, 3.8) is 0 Å². The predicted octanol–water partition coefficient (Wildman–Crippen LogP) is 1.37. The van der Waals surface area contributed by atoms with Crippen LogP contribution in [0.5, 0.6) is 0 Å². The number of nitrogens with zero attached hydrogens (tertiary/aromatic N) is 8. The van der Waals surface area contributed by atoms with Crippen molar-refractivity contribution in [3.8, 4) is 0 Å². The Morgan fingerprint density at radius 3 is 3.04 bits per heavy atom. The van der Waals surface area contributed by atoms with E-state index < -0.39 is 0 Å². The fourth-order valence-electron chi connectivity index (χ4n) is 2.92. The van der Waals surface area contributed by atoms with Gasteiger partial charge in [-0.15, -0.1) is 4.79 Å². The molecule has 0 bridgehead atoms. The third kappa shape index (κ3) is 1.96. The zero-order valence-corrected chi connectivity index (χ0v) is 13.7. The van der Waals surface area contributed by atoms with E-state index in [4.69, 9.17) is 4.74 Å². The first kappa shape index (κ1) is 13.9. The van der Waals surface area contributed by atoms with E-state index in [9.17, 15) is 0 Å². The summed E-state index contributed by atoms with van der Waals surface area (Å²) in [5, 5.41) is 10.7. The molecular formula is C14H14N8OS. The van der Waals surface area contributed by atoms with Crippen LogP contribution in [-0.4, -0.2) is 53.0 Å². The highest BCUT2D eigenvalue weighted by molar-refractivity contribution is 8.00. The fourth-order valence-corrected chi connectivity index (χ4v) is 3.79. The number of pyridine rings is 1. The summed E-state index contributed by atoms with van der Waals surface area (Å²) < 4.78 is 9.54. The average Bonchev–Trinajstić information content (AvgIpc) is 3.28.